The zero-order valence-electron chi connectivity index (χ0n) is 6.78. The third-order valence-corrected chi connectivity index (χ3v) is 0. The van der Waals surface area contributed by atoms with Gasteiger partial charge in [0.25, 0.3) is 0 Å². The molecular weight excluding hydrogens is 197 g/mol. The van der Waals surface area contributed by atoms with Gasteiger partial charge in [0.15, 0.2) is 0 Å². The monoisotopic (exact) mass is 222 g/mol. The first-order chi connectivity index (χ1) is 3.00. The van der Waals surface area contributed by atoms with E-state index in [9.17, 15) is 0 Å². The summed E-state index contributed by atoms with van der Waals surface area (Å²) in [5.74, 6) is 0. The van der Waals surface area contributed by atoms with E-state index in [0.717, 1.165) is 0 Å². The van der Waals surface area contributed by atoms with Crippen LogP contribution in [0.3, 0.4) is 0 Å². The molecule has 0 N–H and O–H groups in total. The van der Waals surface area contributed by atoms with Gasteiger partial charge in [0.1, 0.15) is 0 Å². The van der Waals surface area contributed by atoms with E-state index in [-0.39, 0.29) is 53.0 Å². The SMILES string of the molecule is C.C.CC.[CH2-]C(C)(C)C.[Y]. The number of hydrogen-bond acceptors (Lipinski definition) is 0. The molecule has 0 saturated heterocycles. The van der Waals surface area contributed by atoms with Crippen molar-refractivity contribution in [3.63, 3.8) is 0 Å². The minimum absolute atomic E-state index is 0. The summed E-state index contributed by atoms with van der Waals surface area (Å²) in [5, 5.41) is 0. The van der Waals surface area contributed by atoms with Crippen LogP contribution in [0.1, 0.15) is 49.5 Å². The minimum atomic E-state index is 0. The van der Waals surface area contributed by atoms with Crippen LogP contribution in [0.4, 0.5) is 0 Å². The second kappa shape index (κ2) is 16.6. The molecule has 0 nitrogen and oxygen atoms in total. The Hall–Kier alpha value is 1.10. The Kier molecular flexibility index (Phi) is 50.5. The van der Waals surface area contributed by atoms with E-state index in [1.807, 2.05) is 13.8 Å². The van der Waals surface area contributed by atoms with E-state index < -0.39 is 0 Å². The molecule has 0 aromatic heterocycles. The molecule has 0 bridgehead atoms. The summed E-state index contributed by atoms with van der Waals surface area (Å²) < 4.78 is 0. The summed E-state index contributed by atoms with van der Waals surface area (Å²) in [4.78, 5) is 0. The average molecular weight is 222 g/mol. The van der Waals surface area contributed by atoms with Gasteiger partial charge in [0.2, 0.25) is 0 Å². The topological polar surface area (TPSA) is 0 Å². The Bertz CT molecular complexity index is 20.2. The van der Waals surface area contributed by atoms with Crippen molar-refractivity contribution in [2.24, 2.45) is 5.41 Å². The van der Waals surface area contributed by atoms with E-state index in [0.29, 0.717) is 0 Å². The smallest absolute Gasteiger partial charge is 0 e. The maximum Gasteiger partial charge on any atom is 0 e. The van der Waals surface area contributed by atoms with Gasteiger partial charge in [-0.1, -0.05) is 49.5 Å². The van der Waals surface area contributed by atoms with E-state index in [1.54, 1.807) is 0 Å². The van der Waals surface area contributed by atoms with E-state index in [4.69, 9.17) is 0 Å². The Balaban J connectivity index is -0.0000000154. The molecule has 0 amide bonds. The molecule has 0 aliphatic carbocycles. The fraction of sp³-hybridized carbons (Fsp3) is 0.889. The molecule has 10 heavy (non-hydrogen) atoms. The van der Waals surface area contributed by atoms with Gasteiger partial charge in [-0.15, -0.1) is 0 Å². The molecule has 0 saturated carbocycles. The largest absolute Gasteiger partial charge is 0.338 e. The van der Waals surface area contributed by atoms with Crippen LogP contribution in [-0.2, 0) is 32.7 Å². The summed E-state index contributed by atoms with van der Waals surface area (Å²) in [5.41, 5.74) is 0.250. The molecule has 0 aliphatic rings. The van der Waals surface area contributed by atoms with E-state index in [2.05, 4.69) is 27.7 Å². The zero-order chi connectivity index (χ0) is 6.50. The van der Waals surface area contributed by atoms with Crippen molar-refractivity contribution in [1.29, 1.82) is 0 Å². The van der Waals surface area contributed by atoms with Crippen LogP contribution < -0.4 is 0 Å². The first-order valence-corrected chi connectivity index (χ1v) is 2.85. The third-order valence-electron chi connectivity index (χ3n) is 0. The normalized spacial score (nSPS) is 6.60. The second-order valence-corrected chi connectivity index (χ2v) is 2.56. The Morgan fingerprint density at radius 2 is 0.900 bits per heavy atom. The van der Waals surface area contributed by atoms with Crippen molar-refractivity contribution >= 4 is 0 Å². The third kappa shape index (κ3) is 491. The molecular formula is C9H25Y-. The molecule has 65 valence electrons. The maximum absolute atomic E-state index is 3.77. The predicted octanol–water partition coefficient (Wildman–Crippen LogP) is 4.16. The summed E-state index contributed by atoms with van der Waals surface area (Å²) in [6, 6.07) is 0. The molecule has 1 radical (unpaired) electrons. The van der Waals surface area contributed by atoms with Crippen molar-refractivity contribution in [1.82, 2.24) is 0 Å². The van der Waals surface area contributed by atoms with Crippen molar-refractivity contribution in [3.05, 3.63) is 6.92 Å². The van der Waals surface area contributed by atoms with Gasteiger partial charge in [-0.2, -0.15) is 5.41 Å². The Labute approximate surface area is 94.1 Å². The van der Waals surface area contributed by atoms with Gasteiger partial charge in [-0.05, 0) is 0 Å². The first-order valence-electron chi connectivity index (χ1n) is 2.85. The quantitative estimate of drug-likeness (QED) is 0.540. The summed E-state index contributed by atoms with van der Waals surface area (Å²) in [6.45, 7) is 14.0. The van der Waals surface area contributed by atoms with Gasteiger partial charge in [0, 0.05) is 32.7 Å². The average Bonchev–Trinajstić information content (AvgIpc) is 1.36. The predicted molar refractivity (Wildman–Crippen MR) is 49.6 cm³/mol. The van der Waals surface area contributed by atoms with Gasteiger partial charge >= 0.3 is 0 Å². The zero-order valence-corrected chi connectivity index (χ0v) is 9.62. The summed E-state index contributed by atoms with van der Waals surface area (Å²) in [6.07, 6.45) is 0. The number of hydrogen-bond donors (Lipinski definition) is 0. The van der Waals surface area contributed by atoms with E-state index in [1.165, 1.54) is 0 Å². The minimum Gasteiger partial charge on any atom is -0.338 e. The first kappa shape index (κ1) is 30.4. The molecule has 0 aliphatic heterocycles. The van der Waals surface area contributed by atoms with Crippen LogP contribution in [0.25, 0.3) is 0 Å². The standard InChI is InChI=1S/C5H11.C2H6.2CH4.Y/c1-5(2,3)4;1-2;;;/h1H2,2-4H3;1-2H3;2*1H4;/q-1;;;;. The molecule has 0 fully saturated rings. The van der Waals surface area contributed by atoms with Crippen LogP contribution >= 0.6 is 0 Å². The molecule has 0 spiro atoms. The molecule has 0 aromatic carbocycles. The fourth-order valence-electron chi connectivity index (χ4n) is 0. The molecule has 0 unspecified atom stereocenters. The Morgan fingerprint density at radius 1 is 0.900 bits per heavy atom. The van der Waals surface area contributed by atoms with Crippen molar-refractivity contribution in [2.75, 3.05) is 0 Å². The summed E-state index contributed by atoms with van der Waals surface area (Å²) >= 11 is 0. The van der Waals surface area contributed by atoms with Crippen molar-refractivity contribution < 1.29 is 32.7 Å². The van der Waals surface area contributed by atoms with Crippen LogP contribution in [0.5, 0.6) is 0 Å². The van der Waals surface area contributed by atoms with E-state index >= 15 is 0 Å². The second-order valence-electron chi connectivity index (χ2n) is 2.56. The fourth-order valence-corrected chi connectivity index (χ4v) is 0. The number of rotatable bonds is 0. The van der Waals surface area contributed by atoms with Gasteiger partial charge in [-0.3, -0.25) is 0 Å². The van der Waals surface area contributed by atoms with Crippen LogP contribution in [0.2, 0.25) is 0 Å². The molecule has 0 aromatic rings. The molecule has 0 rings (SSSR count). The van der Waals surface area contributed by atoms with Crippen molar-refractivity contribution in [2.45, 2.75) is 49.5 Å². The van der Waals surface area contributed by atoms with Crippen LogP contribution in [-0.4, -0.2) is 0 Å². The molecule has 0 atom stereocenters. The van der Waals surface area contributed by atoms with Gasteiger partial charge in [-0.25, -0.2) is 0 Å². The van der Waals surface area contributed by atoms with Gasteiger partial charge in [0.05, 0.1) is 0 Å². The van der Waals surface area contributed by atoms with Crippen LogP contribution in [0, 0.1) is 12.3 Å². The summed E-state index contributed by atoms with van der Waals surface area (Å²) in [7, 11) is 0. The molecule has 0 heterocycles. The van der Waals surface area contributed by atoms with Gasteiger partial charge < -0.3 is 6.92 Å². The van der Waals surface area contributed by atoms with Crippen LogP contribution in [0.15, 0.2) is 0 Å². The van der Waals surface area contributed by atoms with Crippen molar-refractivity contribution in [3.8, 4) is 0 Å². The Morgan fingerprint density at radius 3 is 0.900 bits per heavy atom. The molecule has 1 heteroatoms. The maximum atomic E-state index is 3.77.